The molecule has 3 rings (SSSR count). The number of nitrogens with zero attached hydrogens (tertiary/aromatic N) is 2. The Hall–Kier alpha value is -1.40. The first-order valence-electron chi connectivity index (χ1n) is 7.66. The Labute approximate surface area is 138 Å². The molecule has 2 aliphatic heterocycles. The average molecular weight is 366 g/mol. The molecule has 6 heteroatoms. The van der Waals surface area contributed by atoms with Crippen molar-refractivity contribution in [3.63, 3.8) is 0 Å². The maximum Gasteiger partial charge on any atom is 0.239 e. The lowest BCUT2D eigenvalue weighted by Crippen LogP contribution is -2.54. The zero-order chi connectivity index (χ0) is 15.7. The van der Waals surface area contributed by atoms with Crippen LogP contribution in [-0.4, -0.2) is 48.9 Å². The van der Waals surface area contributed by atoms with Crippen molar-refractivity contribution in [3.8, 4) is 0 Å². The molecule has 0 aliphatic carbocycles. The number of hydrogen-bond donors (Lipinski definition) is 1. The van der Waals surface area contributed by atoms with Gasteiger partial charge < -0.3 is 15.1 Å². The van der Waals surface area contributed by atoms with Crippen molar-refractivity contribution in [1.82, 2.24) is 10.2 Å². The first-order valence-corrected chi connectivity index (χ1v) is 8.45. The molecule has 2 aliphatic rings. The van der Waals surface area contributed by atoms with Gasteiger partial charge in [-0.15, -0.1) is 0 Å². The molecule has 0 bridgehead atoms. The quantitative estimate of drug-likeness (QED) is 0.810. The lowest BCUT2D eigenvalue weighted by atomic mass is 10.0. The summed E-state index contributed by atoms with van der Waals surface area (Å²) in [6.45, 7) is 4.90. The number of hydrogen-bond acceptors (Lipinski definition) is 3. The molecule has 1 unspecified atom stereocenters. The monoisotopic (exact) mass is 365 g/mol. The van der Waals surface area contributed by atoms with Crippen LogP contribution in [0.3, 0.4) is 0 Å². The van der Waals surface area contributed by atoms with Crippen LogP contribution in [0.4, 0.5) is 5.69 Å². The third-order valence-electron chi connectivity index (χ3n) is 4.41. The molecule has 2 atom stereocenters. The van der Waals surface area contributed by atoms with E-state index >= 15 is 0 Å². The number of benzene rings is 1. The lowest BCUT2D eigenvalue weighted by Gasteiger charge is -2.35. The SMILES string of the molecule is C[C@H]1CNCCN1C(=O)C1CCN(c2cccc(Br)c2)C1=O. The van der Waals surface area contributed by atoms with Gasteiger partial charge >= 0.3 is 0 Å². The molecule has 1 N–H and O–H groups in total. The van der Waals surface area contributed by atoms with Gasteiger partial charge in [0, 0.05) is 42.4 Å². The number of carbonyl (C=O) groups is 2. The van der Waals surface area contributed by atoms with Crippen LogP contribution in [0.15, 0.2) is 28.7 Å². The summed E-state index contributed by atoms with van der Waals surface area (Å²) in [5, 5.41) is 3.27. The van der Waals surface area contributed by atoms with Crippen LogP contribution < -0.4 is 10.2 Å². The summed E-state index contributed by atoms with van der Waals surface area (Å²) in [6.07, 6.45) is 0.598. The van der Waals surface area contributed by atoms with E-state index in [9.17, 15) is 9.59 Å². The van der Waals surface area contributed by atoms with E-state index in [2.05, 4.69) is 21.2 Å². The number of carbonyl (C=O) groups excluding carboxylic acids is 2. The van der Waals surface area contributed by atoms with Crippen molar-refractivity contribution < 1.29 is 9.59 Å². The van der Waals surface area contributed by atoms with E-state index < -0.39 is 5.92 Å². The summed E-state index contributed by atoms with van der Waals surface area (Å²) in [4.78, 5) is 28.9. The van der Waals surface area contributed by atoms with E-state index in [0.29, 0.717) is 19.5 Å². The van der Waals surface area contributed by atoms with E-state index in [1.54, 1.807) is 4.90 Å². The highest BCUT2D eigenvalue weighted by atomic mass is 79.9. The Morgan fingerprint density at radius 2 is 2.18 bits per heavy atom. The Morgan fingerprint density at radius 3 is 2.91 bits per heavy atom. The highest BCUT2D eigenvalue weighted by molar-refractivity contribution is 9.10. The predicted molar refractivity (Wildman–Crippen MR) is 88.6 cm³/mol. The molecule has 5 nitrogen and oxygen atoms in total. The fraction of sp³-hybridized carbons (Fsp3) is 0.500. The predicted octanol–water partition coefficient (Wildman–Crippen LogP) is 1.62. The first-order chi connectivity index (χ1) is 10.6. The second-order valence-corrected chi connectivity index (χ2v) is 6.81. The molecular formula is C16H20BrN3O2. The molecule has 0 spiro atoms. The van der Waals surface area contributed by atoms with E-state index in [4.69, 9.17) is 0 Å². The maximum absolute atomic E-state index is 12.7. The van der Waals surface area contributed by atoms with Gasteiger partial charge in [0.2, 0.25) is 11.8 Å². The lowest BCUT2D eigenvalue weighted by molar-refractivity contribution is -0.142. The van der Waals surface area contributed by atoms with Crippen LogP contribution in [0.25, 0.3) is 0 Å². The van der Waals surface area contributed by atoms with Gasteiger partial charge in [0.25, 0.3) is 0 Å². The first kappa shape index (κ1) is 15.5. The summed E-state index contributed by atoms with van der Waals surface area (Å²) in [5.74, 6) is -0.620. The number of nitrogens with one attached hydrogen (secondary N) is 1. The number of anilines is 1. The van der Waals surface area contributed by atoms with Crippen LogP contribution in [0.5, 0.6) is 0 Å². The Kier molecular flexibility index (Phi) is 4.49. The van der Waals surface area contributed by atoms with Crippen molar-refractivity contribution >= 4 is 33.4 Å². The standard InChI is InChI=1S/C16H20BrN3O2/c1-11-10-18-6-8-19(11)15(21)14-5-7-20(16(14)22)13-4-2-3-12(17)9-13/h2-4,9,11,14,18H,5-8,10H2,1H3/t11-,14?/m0/s1. The van der Waals surface area contributed by atoms with Crippen LogP contribution in [0.1, 0.15) is 13.3 Å². The Balaban J connectivity index is 1.74. The second kappa shape index (κ2) is 6.38. The summed E-state index contributed by atoms with van der Waals surface area (Å²) >= 11 is 3.42. The van der Waals surface area contributed by atoms with Gasteiger partial charge in [0.05, 0.1) is 0 Å². The van der Waals surface area contributed by atoms with Crippen molar-refractivity contribution in [1.29, 1.82) is 0 Å². The largest absolute Gasteiger partial charge is 0.337 e. The summed E-state index contributed by atoms with van der Waals surface area (Å²) in [7, 11) is 0. The topological polar surface area (TPSA) is 52.7 Å². The van der Waals surface area contributed by atoms with E-state index in [-0.39, 0.29) is 17.9 Å². The fourth-order valence-electron chi connectivity index (χ4n) is 3.18. The smallest absolute Gasteiger partial charge is 0.239 e. The highest BCUT2D eigenvalue weighted by Crippen LogP contribution is 2.28. The minimum atomic E-state index is -0.528. The van der Waals surface area contributed by atoms with Crippen LogP contribution in [0.2, 0.25) is 0 Å². The molecule has 2 amide bonds. The normalized spacial score (nSPS) is 25.6. The van der Waals surface area contributed by atoms with Crippen molar-refractivity contribution in [3.05, 3.63) is 28.7 Å². The van der Waals surface area contributed by atoms with Gasteiger partial charge in [-0.2, -0.15) is 0 Å². The second-order valence-electron chi connectivity index (χ2n) is 5.90. The number of rotatable bonds is 2. The van der Waals surface area contributed by atoms with E-state index in [0.717, 1.165) is 23.2 Å². The summed E-state index contributed by atoms with van der Waals surface area (Å²) in [5.41, 5.74) is 0.850. The summed E-state index contributed by atoms with van der Waals surface area (Å²) in [6, 6.07) is 7.80. The van der Waals surface area contributed by atoms with Crippen LogP contribution >= 0.6 is 15.9 Å². The maximum atomic E-state index is 12.7. The molecule has 0 aromatic heterocycles. The molecule has 1 aromatic carbocycles. The van der Waals surface area contributed by atoms with Crippen molar-refractivity contribution in [2.75, 3.05) is 31.1 Å². The number of halogens is 1. The third kappa shape index (κ3) is 2.90. The molecule has 22 heavy (non-hydrogen) atoms. The minimum absolute atomic E-state index is 0.0171. The number of amides is 2. The molecule has 1 aromatic rings. The van der Waals surface area contributed by atoms with Gasteiger partial charge in [0.1, 0.15) is 5.92 Å². The molecule has 2 saturated heterocycles. The molecule has 0 radical (unpaired) electrons. The van der Waals surface area contributed by atoms with Crippen LogP contribution in [-0.2, 0) is 9.59 Å². The zero-order valence-electron chi connectivity index (χ0n) is 12.6. The average Bonchev–Trinajstić information content (AvgIpc) is 2.89. The molecule has 118 valence electrons. The van der Waals surface area contributed by atoms with Gasteiger partial charge in [-0.1, -0.05) is 22.0 Å². The zero-order valence-corrected chi connectivity index (χ0v) is 14.2. The van der Waals surface area contributed by atoms with Gasteiger partial charge in [-0.25, -0.2) is 0 Å². The van der Waals surface area contributed by atoms with Gasteiger partial charge in [-0.3, -0.25) is 9.59 Å². The van der Waals surface area contributed by atoms with Crippen LogP contribution in [0, 0.1) is 5.92 Å². The van der Waals surface area contributed by atoms with E-state index in [1.807, 2.05) is 36.1 Å². The molecule has 0 saturated carbocycles. The molecule has 2 fully saturated rings. The highest BCUT2D eigenvalue weighted by Gasteiger charge is 2.41. The Bertz CT molecular complexity index is 593. The Morgan fingerprint density at radius 1 is 1.36 bits per heavy atom. The van der Waals surface area contributed by atoms with Gasteiger partial charge in [-0.05, 0) is 31.5 Å². The third-order valence-corrected chi connectivity index (χ3v) is 4.90. The molecular weight excluding hydrogens is 346 g/mol. The number of piperazine rings is 1. The van der Waals surface area contributed by atoms with E-state index in [1.165, 1.54) is 0 Å². The molecule has 2 heterocycles. The summed E-state index contributed by atoms with van der Waals surface area (Å²) < 4.78 is 0.934. The fourth-order valence-corrected chi connectivity index (χ4v) is 3.57. The minimum Gasteiger partial charge on any atom is -0.337 e. The van der Waals surface area contributed by atoms with Gasteiger partial charge in [0.15, 0.2) is 0 Å². The van der Waals surface area contributed by atoms with Crippen molar-refractivity contribution in [2.24, 2.45) is 5.92 Å². The van der Waals surface area contributed by atoms with Crippen molar-refractivity contribution in [2.45, 2.75) is 19.4 Å².